The van der Waals surface area contributed by atoms with E-state index in [4.69, 9.17) is 0 Å². The lowest BCUT2D eigenvalue weighted by molar-refractivity contribution is 0.900. The molecule has 6 heteroatoms. The Morgan fingerprint density at radius 1 is 1.06 bits per heavy atom. The van der Waals surface area contributed by atoms with E-state index >= 15 is 0 Å². The van der Waals surface area contributed by atoms with Crippen LogP contribution >= 0.6 is 75.1 Å². The minimum Gasteiger partial charge on any atom is -0.376 e. The first kappa shape index (κ1) is 15.0. The van der Waals surface area contributed by atoms with Gasteiger partial charge in [-0.1, -0.05) is 15.9 Å². The Balaban J connectivity index is 2.27. The van der Waals surface area contributed by atoms with Crippen molar-refractivity contribution >= 4 is 80.7 Å². The van der Waals surface area contributed by atoms with Crippen molar-refractivity contribution in [2.75, 3.05) is 5.32 Å². The maximum absolute atomic E-state index is 3.58. The molecule has 2 rings (SSSR count). The van der Waals surface area contributed by atoms with Gasteiger partial charge in [0.1, 0.15) is 0 Å². The van der Waals surface area contributed by atoms with Crippen LogP contribution in [0.25, 0.3) is 0 Å². The number of anilines is 1. The van der Waals surface area contributed by atoms with E-state index in [1.807, 2.05) is 12.1 Å². The number of thiophene rings is 1. The molecule has 18 heavy (non-hydrogen) atoms. The zero-order chi connectivity index (χ0) is 13.3. The summed E-state index contributed by atoms with van der Waals surface area (Å²) in [7, 11) is 0. The maximum atomic E-state index is 3.58. The van der Waals surface area contributed by atoms with Gasteiger partial charge in [0.25, 0.3) is 0 Å². The molecule has 2 aromatic rings. The van der Waals surface area contributed by atoms with Crippen LogP contribution in [0.1, 0.15) is 17.8 Å². The molecule has 0 radical (unpaired) electrons. The number of benzene rings is 1. The smallest absolute Gasteiger partial charge is 0.0634 e. The number of hydrogen-bond acceptors (Lipinski definition) is 2. The number of rotatable bonds is 3. The zero-order valence-electron chi connectivity index (χ0n) is 9.31. The third kappa shape index (κ3) is 3.39. The summed E-state index contributed by atoms with van der Waals surface area (Å²) in [6.45, 7) is 2.15. The van der Waals surface area contributed by atoms with Gasteiger partial charge in [-0.15, -0.1) is 11.3 Å². The van der Waals surface area contributed by atoms with Crippen LogP contribution < -0.4 is 5.32 Å². The van der Waals surface area contributed by atoms with E-state index in [1.54, 1.807) is 11.3 Å². The molecule has 1 unspecified atom stereocenters. The Kier molecular flexibility index (Phi) is 5.34. The summed E-state index contributed by atoms with van der Waals surface area (Å²) < 4.78 is 4.25. The second kappa shape index (κ2) is 6.39. The van der Waals surface area contributed by atoms with Crippen molar-refractivity contribution in [3.05, 3.63) is 46.3 Å². The predicted molar refractivity (Wildman–Crippen MR) is 93.6 cm³/mol. The maximum Gasteiger partial charge on any atom is 0.0634 e. The Morgan fingerprint density at radius 3 is 2.17 bits per heavy atom. The highest BCUT2D eigenvalue weighted by atomic mass is 79.9. The van der Waals surface area contributed by atoms with Crippen molar-refractivity contribution in [3.8, 4) is 0 Å². The molecule has 0 fully saturated rings. The van der Waals surface area contributed by atoms with Gasteiger partial charge in [0.05, 0.1) is 11.7 Å². The van der Waals surface area contributed by atoms with Crippen LogP contribution in [-0.4, -0.2) is 0 Å². The van der Waals surface area contributed by atoms with Crippen LogP contribution in [0.15, 0.2) is 41.5 Å². The van der Waals surface area contributed by atoms with Crippen molar-refractivity contribution in [2.24, 2.45) is 0 Å². The summed E-state index contributed by atoms with van der Waals surface area (Å²) in [5.41, 5.74) is 1.06. The highest BCUT2D eigenvalue weighted by Gasteiger charge is 2.14. The summed E-state index contributed by atoms with van der Waals surface area (Å²) in [6.07, 6.45) is 0. The van der Waals surface area contributed by atoms with E-state index in [0.717, 1.165) is 23.6 Å². The molecule has 1 nitrogen and oxygen atoms in total. The molecule has 0 saturated carbocycles. The first-order valence-electron chi connectivity index (χ1n) is 5.13. The normalized spacial score (nSPS) is 12.5. The van der Waals surface area contributed by atoms with Gasteiger partial charge in [0.15, 0.2) is 0 Å². The van der Waals surface area contributed by atoms with Crippen molar-refractivity contribution in [1.29, 1.82) is 0 Å². The Morgan fingerprint density at radius 2 is 1.67 bits per heavy atom. The number of halogens is 4. The molecule has 96 valence electrons. The fraction of sp³-hybridized carbons (Fsp3) is 0.167. The lowest BCUT2D eigenvalue weighted by atomic mass is 10.2. The fourth-order valence-electron chi connectivity index (χ4n) is 1.58. The predicted octanol–water partition coefficient (Wildman–Crippen LogP) is 6.97. The van der Waals surface area contributed by atoms with Gasteiger partial charge in [0.2, 0.25) is 0 Å². The van der Waals surface area contributed by atoms with Crippen molar-refractivity contribution in [1.82, 2.24) is 0 Å². The van der Waals surface area contributed by atoms with E-state index in [-0.39, 0.29) is 6.04 Å². The summed E-state index contributed by atoms with van der Waals surface area (Å²) in [6, 6.07) is 6.38. The third-order valence-electron chi connectivity index (χ3n) is 2.41. The van der Waals surface area contributed by atoms with Crippen molar-refractivity contribution in [3.63, 3.8) is 0 Å². The average Bonchev–Trinajstić information content (AvgIpc) is 2.69. The molecule has 0 aliphatic carbocycles. The lowest BCUT2D eigenvalue weighted by Gasteiger charge is -2.17. The lowest BCUT2D eigenvalue weighted by Crippen LogP contribution is -2.06. The molecular formula is C12H9Br4NS. The third-order valence-corrected chi connectivity index (χ3v) is 6.17. The van der Waals surface area contributed by atoms with Crippen LogP contribution in [0.5, 0.6) is 0 Å². The van der Waals surface area contributed by atoms with Crippen LogP contribution in [0.3, 0.4) is 0 Å². The minimum absolute atomic E-state index is 0.244. The second-order valence-corrected chi connectivity index (χ2v) is 8.17. The van der Waals surface area contributed by atoms with E-state index in [2.05, 4.69) is 87.4 Å². The minimum atomic E-state index is 0.244. The van der Waals surface area contributed by atoms with Gasteiger partial charge in [-0.2, -0.15) is 0 Å². The summed E-state index contributed by atoms with van der Waals surface area (Å²) in [4.78, 5) is 1.29. The second-order valence-electron chi connectivity index (χ2n) is 3.74. The van der Waals surface area contributed by atoms with E-state index in [1.165, 1.54) is 4.88 Å². The molecule has 1 atom stereocenters. The largest absolute Gasteiger partial charge is 0.376 e. The van der Waals surface area contributed by atoms with E-state index in [0.29, 0.717) is 0 Å². The standard InChI is InChI=1S/C12H9Br4NS/c1-6(12-8(14)2-3-18-12)17-11-9(15)4-7(13)5-10(11)16/h2-6,17H,1H3. The van der Waals surface area contributed by atoms with E-state index < -0.39 is 0 Å². The SMILES string of the molecule is CC(Nc1c(Br)cc(Br)cc1Br)c1sccc1Br. The van der Waals surface area contributed by atoms with Crippen LogP contribution in [-0.2, 0) is 0 Å². The van der Waals surface area contributed by atoms with Gasteiger partial charge in [-0.05, 0) is 78.3 Å². The van der Waals surface area contributed by atoms with Gasteiger partial charge in [-0.25, -0.2) is 0 Å². The van der Waals surface area contributed by atoms with Gasteiger partial charge in [-0.3, -0.25) is 0 Å². The highest BCUT2D eigenvalue weighted by molar-refractivity contribution is 9.11. The molecule has 1 N–H and O–H groups in total. The molecular weight excluding hydrogens is 510 g/mol. The Hall–Kier alpha value is 0.640. The monoisotopic (exact) mass is 515 g/mol. The average molecular weight is 519 g/mol. The molecule has 1 heterocycles. The highest BCUT2D eigenvalue weighted by Crippen LogP contribution is 2.38. The Bertz CT molecular complexity index is 544. The summed E-state index contributed by atoms with van der Waals surface area (Å²) in [5.74, 6) is 0. The summed E-state index contributed by atoms with van der Waals surface area (Å²) >= 11 is 15.9. The van der Waals surface area contributed by atoms with Crippen molar-refractivity contribution < 1.29 is 0 Å². The fourth-order valence-corrected chi connectivity index (χ4v) is 5.79. The molecule has 1 aromatic heterocycles. The molecule has 0 spiro atoms. The van der Waals surface area contributed by atoms with Gasteiger partial charge < -0.3 is 5.32 Å². The van der Waals surface area contributed by atoms with E-state index in [9.17, 15) is 0 Å². The van der Waals surface area contributed by atoms with Crippen LogP contribution in [0, 0.1) is 0 Å². The quantitative estimate of drug-likeness (QED) is 0.463. The molecule has 0 amide bonds. The molecule has 1 aromatic carbocycles. The molecule has 0 aliphatic heterocycles. The first-order chi connectivity index (χ1) is 8.49. The number of hydrogen-bond donors (Lipinski definition) is 1. The van der Waals surface area contributed by atoms with Crippen molar-refractivity contribution in [2.45, 2.75) is 13.0 Å². The number of nitrogens with one attached hydrogen (secondary N) is 1. The van der Waals surface area contributed by atoms with Gasteiger partial charge in [0, 0.05) is 22.8 Å². The topological polar surface area (TPSA) is 12.0 Å². The first-order valence-corrected chi connectivity index (χ1v) is 9.18. The summed E-state index contributed by atoms with van der Waals surface area (Å²) in [5, 5.41) is 5.60. The zero-order valence-corrected chi connectivity index (χ0v) is 16.5. The Labute approximate surface area is 144 Å². The van der Waals surface area contributed by atoms with Crippen LogP contribution in [0.4, 0.5) is 5.69 Å². The molecule has 0 bridgehead atoms. The molecule has 0 aliphatic rings. The molecule has 0 saturated heterocycles. The van der Waals surface area contributed by atoms with Crippen LogP contribution in [0.2, 0.25) is 0 Å². The van der Waals surface area contributed by atoms with Gasteiger partial charge >= 0.3 is 0 Å².